The number of hydrogen-bond acceptors (Lipinski definition) is 3. The van der Waals surface area contributed by atoms with Crippen molar-refractivity contribution in [3.63, 3.8) is 0 Å². The van der Waals surface area contributed by atoms with Gasteiger partial charge in [0.05, 0.1) is 11.1 Å². The third kappa shape index (κ3) is 2.16. The molecule has 104 valence electrons. The maximum absolute atomic E-state index is 12.8. The molecule has 1 aliphatic rings. The Bertz CT molecular complexity index is 635. The SMILES string of the molecule is CC1CC(CN)CN1C(=O)c1ccnc2ccccc12. The van der Waals surface area contributed by atoms with Gasteiger partial charge in [0.15, 0.2) is 0 Å². The fraction of sp³-hybridized carbons (Fsp3) is 0.375. The number of fused-ring (bicyclic) bond motifs is 1. The van der Waals surface area contributed by atoms with Gasteiger partial charge in [-0.2, -0.15) is 0 Å². The molecule has 2 N–H and O–H groups in total. The lowest BCUT2D eigenvalue weighted by atomic mass is 10.1. The summed E-state index contributed by atoms with van der Waals surface area (Å²) >= 11 is 0. The lowest BCUT2D eigenvalue weighted by Crippen LogP contribution is -2.34. The highest BCUT2D eigenvalue weighted by Crippen LogP contribution is 2.26. The van der Waals surface area contributed by atoms with Crippen LogP contribution < -0.4 is 5.73 Å². The van der Waals surface area contributed by atoms with E-state index in [4.69, 9.17) is 5.73 Å². The van der Waals surface area contributed by atoms with Crippen LogP contribution in [0.25, 0.3) is 10.9 Å². The van der Waals surface area contributed by atoms with E-state index >= 15 is 0 Å². The van der Waals surface area contributed by atoms with Crippen molar-refractivity contribution in [2.24, 2.45) is 11.7 Å². The molecule has 2 heterocycles. The van der Waals surface area contributed by atoms with E-state index in [0.29, 0.717) is 12.5 Å². The van der Waals surface area contributed by atoms with Gasteiger partial charge in [-0.15, -0.1) is 0 Å². The number of hydrogen-bond donors (Lipinski definition) is 1. The molecule has 0 radical (unpaired) electrons. The van der Waals surface area contributed by atoms with Gasteiger partial charge >= 0.3 is 0 Å². The zero-order chi connectivity index (χ0) is 14.1. The first kappa shape index (κ1) is 13.1. The van der Waals surface area contributed by atoms with E-state index < -0.39 is 0 Å². The van der Waals surface area contributed by atoms with Crippen LogP contribution >= 0.6 is 0 Å². The third-order valence-corrected chi connectivity index (χ3v) is 4.14. The highest BCUT2D eigenvalue weighted by atomic mass is 16.2. The molecule has 0 spiro atoms. The minimum Gasteiger partial charge on any atom is -0.336 e. The van der Waals surface area contributed by atoms with Crippen molar-refractivity contribution in [3.8, 4) is 0 Å². The van der Waals surface area contributed by atoms with Crippen molar-refractivity contribution in [1.82, 2.24) is 9.88 Å². The van der Waals surface area contributed by atoms with Crippen molar-refractivity contribution < 1.29 is 4.79 Å². The first-order chi connectivity index (χ1) is 9.70. The minimum atomic E-state index is 0.0899. The summed E-state index contributed by atoms with van der Waals surface area (Å²) in [6.45, 7) is 3.50. The number of benzene rings is 1. The van der Waals surface area contributed by atoms with Crippen LogP contribution in [0.4, 0.5) is 0 Å². The standard InChI is InChI=1S/C16H19N3O/c1-11-8-12(9-17)10-19(11)16(20)14-6-7-18-15-5-3-2-4-13(14)15/h2-7,11-12H,8-10,17H2,1H3. The minimum absolute atomic E-state index is 0.0899. The fourth-order valence-electron chi connectivity index (χ4n) is 3.03. The Morgan fingerprint density at radius 1 is 1.40 bits per heavy atom. The number of amides is 1. The first-order valence-electron chi connectivity index (χ1n) is 7.05. The van der Waals surface area contributed by atoms with Crippen LogP contribution in [0, 0.1) is 5.92 Å². The molecule has 1 amide bonds. The fourth-order valence-corrected chi connectivity index (χ4v) is 3.03. The van der Waals surface area contributed by atoms with Crippen molar-refractivity contribution in [2.75, 3.05) is 13.1 Å². The molecule has 2 atom stereocenters. The number of carbonyl (C=O) groups is 1. The Morgan fingerprint density at radius 2 is 2.20 bits per heavy atom. The molecule has 0 saturated carbocycles. The zero-order valence-corrected chi connectivity index (χ0v) is 11.6. The molecule has 2 unspecified atom stereocenters. The average Bonchev–Trinajstić information content (AvgIpc) is 2.87. The van der Waals surface area contributed by atoms with E-state index in [9.17, 15) is 4.79 Å². The number of likely N-dealkylation sites (tertiary alicyclic amines) is 1. The molecule has 1 aromatic heterocycles. The number of pyridine rings is 1. The van der Waals surface area contributed by atoms with Crippen LogP contribution in [0.5, 0.6) is 0 Å². The maximum Gasteiger partial charge on any atom is 0.254 e. The van der Waals surface area contributed by atoms with Crippen LogP contribution in [0.15, 0.2) is 36.5 Å². The van der Waals surface area contributed by atoms with E-state index in [0.717, 1.165) is 29.4 Å². The lowest BCUT2D eigenvalue weighted by Gasteiger charge is -2.22. The highest BCUT2D eigenvalue weighted by molar-refractivity contribution is 6.06. The van der Waals surface area contributed by atoms with Crippen molar-refractivity contribution >= 4 is 16.8 Å². The number of carbonyl (C=O) groups excluding carboxylic acids is 1. The van der Waals surface area contributed by atoms with Crippen molar-refractivity contribution in [2.45, 2.75) is 19.4 Å². The molecule has 0 aliphatic carbocycles. The Kier molecular flexibility index (Phi) is 3.40. The number of nitrogens with two attached hydrogens (primary N) is 1. The molecule has 1 saturated heterocycles. The van der Waals surface area contributed by atoms with Gasteiger partial charge in [0.25, 0.3) is 5.91 Å². The summed E-state index contributed by atoms with van der Waals surface area (Å²) in [5.41, 5.74) is 7.34. The Balaban J connectivity index is 1.97. The molecular formula is C16H19N3O. The van der Waals surface area contributed by atoms with Gasteiger partial charge in [-0.1, -0.05) is 18.2 Å². The average molecular weight is 269 g/mol. The summed E-state index contributed by atoms with van der Waals surface area (Å²) < 4.78 is 0. The third-order valence-electron chi connectivity index (χ3n) is 4.14. The Labute approximate surface area is 118 Å². The van der Waals surface area contributed by atoms with Gasteiger partial charge in [-0.3, -0.25) is 9.78 Å². The van der Waals surface area contributed by atoms with Gasteiger partial charge in [0, 0.05) is 24.2 Å². The van der Waals surface area contributed by atoms with E-state index in [1.54, 1.807) is 6.20 Å². The molecule has 1 fully saturated rings. The Morgan fingerprint density at radius 3 is 2.95 bits per heavy atom. The molecule has 1 aromatic carbocycles. The van der Waals surface area contributed by atoms with Crippen LogP contribution in [0.3, 0.4) is 0 Å². The summed E-state index contributed by atoms with van der Waals surface area (Å²) in [6.07, 6.45) is 2.70. The summed E-state index contributed by atoms with van der Waals surface area (Å²) in [5, 5.41) is 0.920. The number of para-hydroxylation sites is 1. The molecule has 20 heavy (non-hydrogen) atoms. The van der Waals surface area contributed by atoms with Gasteiger partial charge in [-0.05, 0) is 37.9 Å². The lowest BCUT2D eigenvalue weighted by molar-refractivity contribution is 0.0745. The molecular weight excluding hydrogens is 250 g/mol. The molecule has 0 bridgehead atoms. The molecule has 4 nitrogen and oxygen atoms in total. The van der Waals surface area contributed by atoms with Crippen molar-refractivity contribution in [3.05, 3.63) is 42.1 Å². The topological polar surface area (TPSA) is 59.2 Å². The Hall–Kier alpha value is -1.94. The van der Waals surface area contributed by atoms with Gasteiger partial charge < -0.3 is 10.6 Å². The summed E-state index contributed by atoms with van der Waals surface area (Å²) in [5.74, 6) is 0.508. The molecule has 2 aromatic rings. The number of nitrogens with zero attached hydrogens (tertiary/aromatic N) is 2. The van der Waals surface area contributed by atoms with Gasteiger partial charge in [0.1, 0.15) is 0 Å². The van der Waals surface area contributed by atoms with Crippen LogP contribution in [0.2, 0.25) is 0 Å². The first-order valence-corrected chi connectivity index (χ1v) is 7.05. The van der Waals surface area contributed by atoms with Crippen LogP contribution in [0.1, 0.15) is 23.7 Å². The predicted molar refractivity (Wildman–Crippen MR) is 79.4 cm³/mol. The summed E-state index contributed by atoms with van der Waals surface area (Å²) in [4.78, 5) is 19.0. The van der Waals surface area contributed by atoms with E-state index in [2.05, 4.69) is 11.9 Å². The van der Waals surface area contributed by atoms with E-state index in [1.807, 2.05) is 35.2 Å². The van der Waals surface area contributed by atoms with Gasteiger partial charge in [0.2, 0.25) is 0 Å². The molecule has 4 heteroatoms. The molecule has 1 aliphatic heterocycles. The van der Waals surface area contributed by atoms with E-state index in [-0.39, 0.29) is 11.9 Å². The normalized spacial score (nSPS) is 22.4. The second-order valence-corrected chi connectivity index (χ2v) is 5.52. The quantitative estimate of drug-likeness (QED) is 0.907. The highest BCUT2D eigenvalue weighted by Gasteiger charge is 2.32. The van der Waals surface area contributed by atoms with E-state index in [1.165, 1.54) is 0 Å². The summed E-state index contributed by atoms with van der Waals surface area (Å²) in [7, 11) is 0. The second-order valence-electron chi connectivity index (χ2n) is 5.52. The number of aromatic nitrogens is 1. The van der Waals surface area contributed by atoms with Crippen LogP contribution in [-0.4, -0.2) is 34.9 Å². The molecule has 3 rings (SSSR count). The summed E-state index contributed by atoms with van der Waals surface area (Å²) in [6, 6.07) is 9.83. The maximum atomic E-state index is 12.8. The van der Waals surface area contributed by atoms with Gasteiger partial charge in [-0.25, -0.2) is 0 Å². The van der Waals surface area contributed by atoms with Crippen LogP contribution in [-0.2, 0) is 0 Å². The smallest absolute Gasteiger partial charge is 0.254 e. The largest absolute Gasteiger partial charge is 0.336 e. The zero-order valence-electron chi connectivity index (χ0n) is 11.6. The predicted octanol–water partition coefficient (Wildman–Crippen LogP) is 2.04. The van der Waals surface area contributed by atoms with Crippen molar-refractivity contribution in [1.29, 1.82) is 0 Å². The monoisotopic (exact) mass is 269 g/mol. The number of rotatable bonds is 2. The second kappa shape index (κ2) is 5.21.